The number of nitrogens with zero attached hydrogens (tertiary/aromatic N) is 4. The molecule has 5 nitrogen and oxygen atoms in total. The van der Waals surface area contributed by atoms with Gasteiger partial charge in [0.15, 0.2) is 0 Å². The molecule has 2 saturated heterocycles. The Balaban J connectivity index is 1.79. The SMILES string of the molecule is Cn1cnnc1CN1CC2CNCC2C1(C)C. The first kappa shape index (κ1) is 11.2. The monoisotopic (exact) mass is 235 g/mol. The van der Waals surface area contributed by atoms with Crippen molar-refractivity contribution in [1.29, 1.82) is 0 Å². The normalized spacial score (nSPS) is 31.9. The number of fused-ring (bicyclic) bond motifs is 1. The maximum atomic E-state index is 4.19. The smallest absolute Gasteiger partial charge is 0.146 e. The third kappa shape index (κ3) is 1.68. The highest BCUT2D eigenvalue weighted by Crippen LogP contribution is 2.40. The van der Waals surface area contributed by atoms with Crippen molar-refractivity contribution >= 4 is 0 Å². The van der Waals surface area contributed by atoms with Crippen LogP contribution in [0.5, 0.6) is 0 Å². The lowest BCUT2D eigenvalue weighted by Gasteiger charge is -2.35. The van der Waals surface area contributed by atoms with Crippen LogP contribution in [0.3, 0.4) is 0 Å². The predicted octanol–water partition coefficient (Wildman–Crippen LogP) is 0.245. The molecule has 1 N–H and O–H groups in total. The molecular formula is C12H21N5. The van der Waals surface area contributed by atoms with Crippen LogP contribution in [0, 0.1) is 11.8 Å². The number of aryl methyl sites for hydroxylation is 1. The fourth-order valence-electron chi connectivity index (χ4n) is 3.39. The van der Waals surface area contributed by atoms with Gasteiger partial charge in [0, 0.05) is 25.7 Å². The van der Waals surface area contributed by atoms with Gasteiger partial charge in [-0.05, 0) is 32.2 Å². The fraction of sp³-hybridized carbons (Fsp3) is 0.833. The minimum absolute atomic E-state index is 0.264. The van der Waals surface area contributed by atoms with Gasteiger partial charge in [-0.25, -0.2) is 0 Å². The molecule has 2 aliphatic heterocycles. The van der Waals surface area contributed by atoms with Gasteiger partial charge in [-0.2, -0.15) is 0 Å². The Labute approximate surface area is 102 Å². The van der Waals surface area contributed by atoms with Gasteiger partial charge in [-0.15, -0.1) is 10.2 Å². The molecule has 0 bridgehead atoms. The number of aromatic nitrogens is 3. The quantitative estimate of drug-likeness (QED) is 0.798. The lowest BCUT2D eigenvalue weighted by Crippen LogP contribution is -2.44. The van der Waals surface area contributed by atoms with Crippen LogP contribution in [-0.4, -0.2) is 44.8 Å². The summed E-state index contributed by atoms with van der Waals surface area (Å²) < 4.78 is 2.02. The van der Waals surface area contributed by atoms with E-state index in [4.69, 9.17) is 0 Å². The minimum atomic E-state index is 0.264. The van der Waals surface area contributed by atoms with Crippen molar-refractivity contribution in [2.45, 2.75) is 25.9 Å². The molecular weight excluding hydrogens is 214 g/mol. The average Bonchev–Trinajstić information content (AvgIpc) is 2.91. The lowest BCUT2D eigenvalue weighted by atomic mass is 9.85. The van der Waals surface area contributed by atoms with E-state index in [0.717, 1.165) is 30.7 Å². The molecule has 2 fully saturated rings. The van der Waals surface area contributed by atoms with Gasteiger partial charge < -0.3 is 9.88 Å². The van der Waals surface area contributed by atoms with Crippen molar-refractivity contribution in [1.82, 2.24) is 25.0 Å². The summed E-state index contributed by atoms with van der Waals surface area (Å²) in [4.78, 5) is 2.56. The topological polar surface area (TPSA) is 46.0 Å². The van der Waals surface area contributed by atoms with E-state index in [9.17, 15) is 0 Å². The maximum absolute atomic E-state index is 4.19. The van der Waals surface area contributed by atoms with Crippen LogP contribution >= 0.6 is 0 Å². The van der Waals surface area contributed by atoms with E-state index in [-0.39, 0.29) is 5.54 Å². The molecule has 1 aromatic heterocycles. The molecule has 3 heterocycles. The number of likely N-dealkylation sites (tertiary alicyclic amines) is 1. The number of nitrogens with one attached hydrogen (secondary N) is 1. The van der Waals surface area contributed by atoms with Crippen molar-refractivity contribution < 1.29 is 0 Å². The second kappa shape index (κ2) is 3.78. The summed E-state index contributed by atoms with van der Waals surface area (Å²) in [5.41, 5.74) is 0.264. The third-order valence-electron chi connectivity index (χ3n) is 4.65. The molecule has 5 heteroatoms. The highest BCUT2D eigenvalue weighted by atomic mass is 15.3. The summed E-state index contributed by atoms with van der Waals surface area (Å²) in [7, 11) is 2.01. The molecule has 94 valence electrons. The zero-order chi connectivity index (χ0) is 12.0. The first-order valence-electron chi connectivity index (χ1n) is 6.37. The molecule has 2 aliphatic rings. The highest BCUT2D eigenvalue weighted by Gasteiger charge is 2.49. The van der Waals surface area contributed by atoms with Gasteiger partial charge in [0.1, 0.15) is 12.2 Å². The third-order valence-corrected chi connectivity index (χ3v) is 4.65. The first-order valence-corrected chi connectivity index (χ1v) is 6.37. The van der Waals surface area contributed by atoms with Gasteiger partial charge in [-0.1, -0.05) is 0 Å². The maximum Gasteiger partial charge on any atom is 0.146 e. The van der Waals surface area contributed by atoms with Crippen molar-refractivity contribution in [2.75, 3.05) is 19.6 Å². The second-order valence-corrected chi connectivity index (χ2v) is 5.92. The van der Waals surface area contributed by atoms with Crippen LogP contribution in [-0.2, 0) is 13.6 Å². The first-order chi connectivity index (χ1) is 8.09. The highest BCUT2D eigenvalue weighted by molar-refractivity contribution is 5.05. The van der Waals surface area contributed by atoms with Crippen LogP contribution in [0.1, 0.15) is 19.7 Å². The minimum Gasteiger partial charge on any atom is -0.320 e. The molecule has 17 heavy (non-hydrogen) atoms. The van der Waals surface area contributed by atoms with E-state index in [1.165, 1.54) is 13.1 Å². The van der Waals surface area contributed by atoms with E-state index >= 15 is 0 Å². The van der Waals surface area contributed by atoms with Gasteiger partial charge in [0.05, 0.1) is 6.54 Å². The van der Waals surface area contributed by atoms with Crippen LogP contribution in [0.15, 0.2) is 6.33 Å². The van der Waals surface area contributed by atoms with Gasteiger partial charge in [0.2, 0.25) is 0 Å². The Morgan fingerprint density at radius 2 is 2.29 bits per heavy atom. The Morgan fingerprint density at radius 3 is 2.94 bits per heavy atom. The summed E-state index contributed by atoms with van der Waals surface area (Å²) in [6.45, 7) is 9.15. The lowest BCUT2D eigenvalue weighted by molar-refractivity contribution is 0.127. The molecule has 2 unspecified atom stereocenters. The molecule has 0 aromatic carbocycles. The molecule has 0 spiro atoms. The van der Waals surface area contributed by atoms with Crippen LogP contribution in [0.2, 0.25) is 0 Å². The van der Waals surface area contributed by atoms with Crippen LogP contribution < -0.4 is 5.32 Å². The summed E-state index contributed by atoms with van der Waals surface area (Å²) in [5.74, 6) is 2.64. The zero-order valence-electron chi connectivity index (χ0n) is 10.8. The molecule has 2 atom stereocenters. The van der Waals surface area contributed by atoms with E-state index < -0.39 is 0 Å². The van der Waals surface area contributed by atoms with Gasteiger partial charge >= 0.3 is 0 Å². The second-order valence-electron chi connectivity index (χ2n) is 5.92. The predicted molar refractivity (Wildman–Crippen MR) is 65.3 cm³/mol. The Bertz CT molecular complexity index is 411. The number of hydrogen-bond donors (Lipinski definition) is 1. The Kier molecular flexibility index (Phi) is 2.48. The standard InChI is InChI=1S/C12H21N5/c1-12(2)10-5-13-4-9(10)6-17(12)7-11-15-14-8-16(11)3/h8-10,13H,4-7H2,1-3H3. The summed E-state index contributed by atoms with van der Waals surface area (Å²) in [5, 5.41) is 11.7. The van der Waals surface area contributed by atoms with Gasteiger partial charge in [-0.3, -0.25) is 4.90 Å². The van der Waals surface area contributed by atoms with Gasteiger partial charge in [0.25, 0.3) is 0 Å². The summed E-state index contributed by atoms with van der Waals surface area (Å²) >= 11 is 0. The van der Waals surface area contributed by atoms with E-state index in [1.807, 2.05) is 11.6 Å². The number of rotatable bonds is 2. The van der Waals surface area contributed by atoms with E-state index in [1.54, 1.807) is 6.33 Å². The fourth-order valence-corrected chi connectivity index (χ4v) is 3.39. The van der Waals surface area contributed by atoms with Crippen molar-refractivity contribution in [3.05, 3.63) is 12.2 Å². The molecule has 0 amide bonds. The van der Waals surface area contributed by atoms with E-state index in [0.29, 0.717) is 0 Å². The van der Waals surface area contributed by atoms with E-state index in [2.05, 4.69) is 34.3 Å². The van der Waals surface area contributed by atoms with Crippen LogP contribution in [0.25, 0.3) is 0 Å². The largest absolute Gasteiger partial charge is 0.320 e. The Morgan fingerprint density at radius 1 is 1.47 bits per heavy atom. The molecule has 0 saturated carbocycles. The van der Waals surface area contributed by atoms with Crippen molar-refractivity contribution in [2.24, 2.45) is 18.9 Å². The summed E-state index contributed by atoms with van der Waals surface area (Å²) in [6.07, 6.45) is 1.78. The number of hydrogen-bond acceptors (Lipinski definition) is 4. The molecule has 0 aliphatic carbocycles. The van der Waals surface area contributed by atoms with Crippen LogP contribution in [0.4, 0.5) is 0 Å². The van der Waals surface area contributed by atoms with Crippen molar-refractivity contribution in [3.8, 4) is 0 Å². The summed E-state index contributed by atoms with van der Waals surface area (Å²) in [6, 6.07) is 0. The molecule has 1 aromatic rings. The zero-order valence-corrected chi connectivity index (χ0v) is 10.8. The molecule has 3 rings (SSSR count). The average molecular weight is 235 g/mol. The van der Waals surface area contributed by atoms with Crippen molar-refractivity contribution in [3.63, 3.8) is 0 Å². The molecule has 0 radical (unpaired) electrons. The Hall–Kier alpha value is -0.940.